The van der Waals surface area contributed by atoms with E-state index in [1.165, 1.54) is 26.6 Å². The van der Waals surface area contributed by atoms with Crippen molar-refractivity contribution in [3.05, 3.63) is 53.6 Å². The first kappa shape index (κ1) is 17.4. The van der Waals surface area contributed by atoms with E-state index in [9.17, 15) is 0 Å². The maximum atomic E-state index is 3.42. The Morgan fingerprint density at radius 2 is 1.68 bits per heavy atom. The molecule has 0 spiro atoms. The Kier molecular flexibility index (Phi) is 6.36. The van der Waals surface area contributed by atoms with Gasteiger partial charge in [0.25, 0.3) is 0 Å². The summed E-state index contributed by atoms with van der Waals surface area (Å²) >= 11 is 1.87. The third-order valence-electron chi connectivity index (χ3n) is 4.03. The van der Waals surface area contributed by atoms with Crippen LogP contribution in [0.5, 0.6) is 0 Å². The molecule has 1 fully saturated rings. The number of halogens is 1. The van der Waals surface area contributed by atoms with Crippen LogP contribution >= 0.6 is 28.7 Å². The zero-order chi connectivity index (χ0) is 14.7. The average molecular weight is 379 g/mol. The lowest BCUT2D eigenvalue weighted by Crippen LogP contribution is -2.43. The minimum absolute atomic E-state index is 0. The quantitative estimate of drug-likeness (QED) is 0.849. The van der Waals surface area contributed by atoms with Crippen LogP contribution in [-0.2, 0) is 0 Å². The van der Waals surface area contributed by atoms with Crippen LogP contribution < -0.4 is 10.2 Å². The monoisotopic (exact) mass is 378 g/mol. The lowest BCUT2D eigenvalue weighted by Gasteiger charge is -2.31. The van der Waals surface area contributed by atoms with Crippen LogP contribution in [0.4, 0.5) is 5.69 Å². The number of hydrogen-bond donors (Lipinski definition) is 1. The highest BCUT2D eigenvalue weighted by molar-refractivity contribution is 8.93. The zero-order valence-electron chi connectivity index (χ0n) is 13.1. The lowest BCUT2D eigenvalue weighted by atomic mass is 10.1. The summed E-state index contributed by atoms with van der Waals surface area (Å²) in [6.45, 7) is 8.67. The summed E-state index contributed by atoms with van der Waals surface area (Å²) in [5, 5.41) is 3.42. The first-order chi connectivity index (χ1) is 10.2. The minimum Gasteiger partial charge on any atom is -0.368 e. The number of aryl methyl sites for hydroxylation is 2. The molecule has 0 saturated carbocycles. The van der Waals surface area contributed by atoms with Crippen molar-refractivity contribution < 1.29 is 0 Å². The van der Waals surface area contributed by atoms with Crippen molar-refractivity contribution in [2.45, 2.75) is 23.6 Å². The van der Waals surface area contributed by atoms with Gasteiger partial charge in [-0.05, 0) is 49.2 Å². The third kappa shape index (κ3) is 4.06. The molecule has 0 atom stereocenters. The molecule has 1 N–H and O–H groups in total. The topological polar surface area (TPSA) is 15.3 Å². The fourth-order valence-electron chi connectivity index (χ4n) is 2.61. The van der Waals surface area contributed by atoms with Crippen LogP contribution in [0, 0.1) is 13.8 Å². The van der Waals surface area contributed by atoms with Gasteiger partial charge in [-0.2, -0.15) is 0 Å². The van der Waals surface area contributed by atoms with Gasteiger partial charge >= 0.3 is 0 Å². The van der Waals surface area contributed by atoms with E-state index in [-0.39, 0.29) is 17.0 Å². The van der Waals surface area contributed by atoms with E-state index in [0.29, 0.717) is 0 Å². The van der Waals surface area contributed by atoms with Crippen LogP contribution in [-0.4, -0.2) is 26.2 Å². The van der Waals surface area contributed by atoms with E-state index in [2.05, 4.69) is 66.5 Å². The van der Waals surface area contributed by atoms with E-state index in [1.807, 2.05) is 11.8 Å². The van der Waals surface area contributed by atoms with Gasteiger partial charge in [0, 0.05) is 36.0 Å². The number of benzene rings is 2. The SMILES string of the molecule is Br.Cc1ccc(Sc2ccccc2N2CCNCC2)cc1C. The fraction of sp³-hybridized carbons (Fsp3) is 0.333. The van der Waals surface area contributed by atoms with Crippen LogP contribution in [0.1, 0.15) is 11.1 Å². The predicted octanol–water partition coefficient (Wildman–Crippen LogP) is 4.44. The summed E-state index contributed by atoms with van der Waals surface area (Å²) in [6, 6.07) is 15.5. The lowest BCUT2D eigenvalue weighted by molar-refractivity contribution is 0.587. The van der Waals surface area contributed by atoms with Gasteiger partial charge in [0.15, 0.2) is 0 Å². The molecule has 3 rings (SSSR count). The van der Waals surface area contributed by atoms with Crippen LogP contribution in [0.2, 0.25) is 0 Å². The van der Waals surface area contributed by atoms with Crippen molar-refractivity contribution in [3.8, 4) is 0 Å². The van der Waals surface area contributed by atoms with Gasteiger partial charge in [-0.25, -0.2) is 0 Å². The molecule has 0 radical (unpaired) electrons. The zero-order valence-corrected chi connectivity index (χ0v) is 15.7. The normalized spacial score (nSPS) is 14.5. The molecule has 0 unspecified atom stereocenters. The molecule has 0 aliphatic carbocycles. The molecular weight excluding hydrogens is 356 g/mol. The van der Waals surface area contributed by atoms with Gasteiger partial charge in [-0.15, -0.1) is 17.0 Å². The Morgan fingerprint density at radius 1 is 0.955 bits per heavy atom. The molecule has 0 amide bonds. The molecule has 2 aromatic rings. The largest absolute Gasteiger partial charge is 0.368 e. The summed E-state index contributed by atoms with van der Waals surface area (Å²) in [7, 11) is 0. The van der Waals surface area contributed by atoms with Crippen molar-refractivity contribution >= 4 is 34.4 Å². The number of hydrogen-bond acceptors (Lipinski definition) is 3. The molecule has 2 aromatic carbocycles. The molecular formula is C18H23BrN2S. The Labute approximate surface area is 148 Å². The third-order valence-corrected chi connectivity index (χ3v) is 5.08. The molecule has 0 aromatic heterocycles. The molecule has 0 bridgehead atoms. The van der Waals surface area contributed by atoms with E-state index < -0.39 is 0 Å². The highest BCUT2D eigenvalue weighted by Crippen LogP contribution is 2.36. The summed E-state index contributed by atoms with van der Waals surface area (Å²) in [6.07, 6.45) is 0. The van der Waals surface area contributed by atoms with Gasteiger partial charge in [-0.1, -0.05) is 30.0 Å². The summed E-state index contributed by atoms with van der Waals surface area (Å²) in [4.78, 5) is 5.16. The molecule has 1 aliphatic rings. The first-order valence-corrected chi connectivity index (χ1v) is 8.35. The Morgan fingerprint density at radius 3 is 2.41 bits per heavy atom. The van der Waals surface area contributed by atoms with Crippen LogP contribution in [0.15, 0.2) is 52.3 Å². The van der Waals surface area contributed by atoms with Gasteiger partial charge < -0.3 is 10.2 Å². The number of piperazine rings is 1. The second kappa shape index (κ2) is 8.04. The highest BCUT2D eigenvalue weighted by Gasteiger charge is 2.14. The number of nitrogens with one attached hydrogen (secondary N) is 1. The predicted molar refractivity (Wildman–Crippen MR) is 102 cm³/mol. The van der Waals surface area contributed by atoms with Gasteiger partial charge in [0.05, 0.1) is 5.69 Å². The molecule has 1 saturated heterocycles. The van der Waals surface area contributed by atoms with E-state index in [4.69, 9.17) is 0 Å². The van der Waals surface area contributed by atoms with Gasteiger partial charge in [-0.3, -0.25) is 0 Å². The van der Waals surface area contributed by atoms with Crippen molar-refractivity contribution in [2.24, 2.45) is 0 Å². The fourth-order valence-corrected chi connectivity index (χ4v) is 3.69. The van der Waals surface area contributed by atoms with E-state index in [0.717, 1.165) is 26.2 Å². The molecule has 22 heavy (non-hydrogen) atoms. The molecule has 1 heterocycles. The first-order valence-electron chi connectivity index (χ1n) is 7.54. The standard InChI is InChI=1S/C18H22N2S.BrH/c1-14-7-8-16(13-15(14)2)21-18-6-4-3-5-17(18)20-11-9-19-10-12-20;/h3-8,13,19H,9-12H2,1-2H3;1H. The molecule has 1 aliphatic heterocycles. The molecule has 2 nitrogen and oxygen atoms in total. The Hall–Kier alpha value is -0.970. The van der Waals surface area contributed by atoms with Gasteiger partial charge in [0.1, 0.15) is 0 Å². The summed E-state index contributed by atoms with van der Waals surface area (Å²) < 4.78 is 0. The van der Waals surface area contributed by atoms with Crippen molar-refractivity contribution in [1.82, 2.24) is 5.32 Å². The molecule has 118 valence electrons. The van der Waals surface area contributed by atoms with Crippen molar-refractivity contribution in [1.29, 1.82) is 0 Å². The maximum Gasteiger partial charge on any atom is 0.0508 e. The van der Waals surface area contributed by atoms with Crippen LogP contribution in [0.3, 0.4) is 0 Å². The Balaban J connectivity index is 0.00000176. The number of rotatable bonds is 3. The van der Waals surface area contributed by atoms with Gasteiger partial charge in [0.2, 0.25) is 0 Å². The molecule has 4 heteroatoms. The van der Waals surface area contributed by atoms with Crippen molar-refractivity contribution in [3.63, 3.8) is 0 Å². The second-order valence-corrected chi connectivity index (χ2v) is 6.67. The average Bonchev–Trinajstić information content (AvgIpc) is 2.52. The van der Waals surface area contributed by atoms with E-state index >= 15 is 0 Å². The van der Waals surface area contributed by atoms with E-state index in [1.54, 1.807) is 0 Å². The second-order valence-electron chi connectivity index (χ2n) is 5.55. The maximum absolute atomic E-state index is 3.42. The number of para-hydroxylation sites is 1. The van der Waals surface area contributed by atoms with Crippen LogP contribution in [0.25, 0.3) is 0 Å². The number of nitrogens with zero attached hydrogens (tertiary/aromatic N) is 1. The number of anilines is 1. The smallest absolute Gasteiger partial charge is 0.0508 e. The summed E-state index contributed by atoms with van der Waals surface area (Å²) in [5.41, 5.74) is 4.08. The van der Waals surface area contributed by atoms with Crippen molar-refractivity contribution in [2.75, 3.05) is 31.1 Å². The Bertz CT molecular complexity index is 624. The highest BCUT2D eigenvalue weighted by atomic mass is 79.9. The minimum atomic E-state index is 0. The summed E-state index contributed by atoms with van der Waals surface area (Å²) in [5.74, 6) is 0.